The summed E-state index contributed by atoms with van der Waals surface area (Å²) in [5, 5.41) is 25.4. The first-order valence-corrected chi connectivity index (χ1v) is 7.10. The number of hydrogen-bond donors (Lipinski definition) is 5. The van der Waals surface area contributed by atoms with E-state index in [0.717, 1.165) is 0 Å². The van der Waals surface area contributed by atoms with Gasteiger partial charge in [-0.05, 0) is 50.1 Å². The highest BCUT2D eigenvalue weighted by Gasteiger charge is 2.14. The van der Waals surface area contributed by atoms with Crippen molar-refractivity contribution in [2.24, 2.45) is 0 Å². The van der Waals surface area contributed by atoms with Gasteiger partial charge in [0.2, 0.25) is 11.3 Å². The lowest BCUT2D eigenvalue weighted by molar-refractivity contribution is -0.500. The van der Waals surface area contributed by atoms with Crippen LogP contribution in [0.1, 0.15) is 5.56 Å². The number of rotatable bonds is 4. The second-order valence-electron chi connectivity index (χ2n) is 3.37. The van der Waals surface area contributed by atoms with E-state index < -0.39 is 0 Å². The van der Waals surface area contributed by atoms with E-state index in [-0.39, 0.29) is 16.0 Å². The number of aromatic hydroxyl groups is 2. The second-order valence-corrected chi connectivity index (χ2v) is 5.43. The Morgan fingerprint density at radius 1 is 1.42 bits per heavy atom. The quantitative estimate of drug-likeness (QED) is 0.219. The summed E-state index contributed by atoms with van der Waals surface area (Å²) in [6, 6.07) is 1.56. The molecule has 0 saturated carbocycles. The molecule has 0 aliphatic rings. The molecule has 102 valence electrons. The van der Waals surface area contributed by atoms with Gasteiger partial charge in [-0.25, -0.2) is 0 Å². The van der Waals surface area contributed by atoms with Crippen molar-refractivity contribution in [1.29, 1.82) is 0 Å². The Bertz CT molecular complexity index is 535. The summed E-state index contributed by atoms with van der Waals surface area (Å²) in [5.41, 5.74) is 3.18. The predicted molar refractivity (Wildman–Crippen MR) is 85.2 cm³/mol. The highest BCUT2D eigenvalue weighted by molar-refractivity contribution is 9.11. The molecule has 0 aromatic heterocycles. The van der Waals surface area contributed by atoms with Crippen molar-refractivity contribution < 1.29 is 15.3 Å². The summed E-state index contributed by atoms with van der Waals surface area (Å²) in [6.07, 6.45) is 3.18. The molecule has 1 rings (SSSR count). The van der Waals surface area contributed by atoms with Crippen molar-refractivity contribution in [3.05, 3.63) is 33.2 Å². The molecule has 0 aliphatic heterocycles. The largest absolute Gasteiger partial charge is 0.506 e. The van der Waals surface area contributed by atoms with Crippen LogP contribution in [0.2, 0.25) is 0 Å². The first kappa shape index (κ1) is 15.9. The van der Waals surface area contributed by atoms with E-state index in [1.54, 1.807) is 12.1 Å². The van der Waals surface area contributed by atoms with Crippen molar-refractivity contribution in [2.45, 2.75) is 0 Å². The number of phenols is 2. The molecule has 1 aromatic rings. The van der Waals surface area contributed by atoms with Crippen LogP contribution in [0.4, 0.5) is 0 Å². The monoisotopic (exact) mass is 408 g/mol. The molecule has 0 amide bonds. The number of nitrogens with one attached hydrogen (secondary N) is 3. The summed E-state index contributed by atoms with van der Waals surface area (Å²) in [4.78, 5) is 0. The predicted octanol–water partition coefficient (Wildman–Crippen LogP) is 0.687. The van der Waals surface area contributed by atoms with E-state index in [0.29, 0.717) is 21.7 Å². The average Bonchev–Trinajstić information content (AvgIpc) is 2.39. The molecule has 0 radical (unpaired) electrons. The Hall–Kier alpha value is -1.12. The van der Waals surface area contributed by atoms with E-state index in [2.05, 4.69) is 54.3 Å². The van der Waals surface area contributed by atoms with Gasteiger partial charge in [-0.2, -0.15) is 0 Å². The molecule has 5 N–H and O–H groups in total. The van der Waals surface area contributed by atoms with E-state index in [1.807, 2.05) is 0 Å². The van der Waals surface area contributed by atoms with Crippen LogP contribution in [-0.4, -0.2) is 28.1 Å². The molecule has 5 nitrogen and oxygen atoms in total. The average molecular weight is 410 g/mol. The van der Waals surface area contributed by atoms with Crippen LogP contribution in [0.5, 0.6) is 11.5 Å². The Morgan fingerprint density at radius 3 is 2.74 bits per heavy atom. The minimum absolute atomic E-state index is 0.0641. The van der Waals surface area contributed by atoms with Gasteiger partial charge in [-0.15, -0.1) is 17.1 Å². The molecule has 1 aromatic carbocycles. The molecular weight excluding hydrogens is 398 g/mol. The summed E-state index contributed by atoms with van der Waals surface area (Å²) in [6.45, 7) is 4.11. The maximum atomic E-state index is 9.82. The number of thiocarbonyl (C=S) groups is 1. The molecule has 0 saturated heterocycles. The molecule has 0 bridgehead atoms. The van der Waals surface area contributed by atoms with E-state index in [9.17, 15) is 10.2 Å². The molecule has 0 aliphatic carbocycles. The maximum absolute atomic E-state index is 9.82. The molecule has 0 fully saturated rings. The lowest BCUT2D eigenvalue weighted by Crippen LogP contribution is -2.82. The maximum Gasteiger partial charge on any atom is 0.224 e. The molecule has 8 heteroatoms. The fourth-order valence-corrected chi connectivity index (χ4v) is 2.41. The number of benzene rings is 1. The standard InChI is InChI=1S/C11H11Br2N3O2S/c1-2-3-14-11(19)16-15-5-6-4-7(12)10(18)8(13)9(6)17/h2,4-5,17-18H,1,3H2,(H2,14,16,19)/p+1/b15-5+. The van der Waals surface area contributed by atoms with Gasteiger partial charge in [0.25, 0.3) is 0 Å². The molecule has 0 unspecified atom stereocenters. The number of phenolic OH excluding ortho intramolecular Hbond substituents is 2. The second kappa shape index (κ2) is 7.46. The van der Waals surface area contributed by atoms with Crippen LogP contribution in [0, 0.1) is 0 Å². The highest BCUT2D eigenvalue weighted by atomic mass is 79.9. The fourth-order valence-electron chi connectivity index (χ4n) is 1.12. The Kier molecular flexibility index (Phi) is 6.26. The van der Waals surface area contributed by atoms with Gasteiger partial charge in [0.1, 0.15) is 16.0 Å². The first-order valence-electron chi connectivity index (χ1n) is 5.10. The van der Waals surface area contributed by atoms with Crippen molar-refractivity contribution in [1.82, 2.24) is 10.7 Å². The molecule has 19 heavy (non-hydrogen) atoms. The van der Waals surface area contributed by atoms with Crippen molar-refractivity contribution in [3.63, 3.8) is 0 Å². The minimum atomic E-state index is -0.0834. The van der Waals surface area contributed by atoms with E-state index in [4.69, 9.17) is 12.2 Å². The first-order chi connectivity index (χ1) is 8.97. The Morgan fingerprint density at radius 2 is 2.11 bits per heavy atom. The summed E-state index contributed by atoms with van der Waals surface area (Å²) in [5.74, 6) is -0.147. The minimum Gasteiger partial charge on any atom is -0.506 e. The zero-order chi connectivity index (χ0) is 14.4. The Labute approximate surface area is 132 Å². The molecule has 0 atom stereocenters. The van der Waals surface area contributed by atoms with E-state index >= 15 is 0 Å². The van der Waals surface area contributed by atoms with Gasteiger partial charge < -0.3 is 15.5 Å². The third-order valence-corrected chi connectivity index (χ3v) is 3.62. The SMILES string of the molecule is C=CCNC(=S)N/[NH+]=C/c1cc(Br)c(O)c(Br)c1O. The zero-order valence-corrected chi connectivity index (χ0v) is 13.7. The number of hydrogen-bond acceptors (Lipinski definition) is 3. The normalized spacial score (nSPS) is 10.4. The third kappa shape index (κ3) is 4.48. The van der Waals surface area contributed by atoms with Gasteiger partial charge in [0.05, 0.1) is 10.0 Å². The fraction of sp³-hybridized carbons (Fsp3) is 0.0909. The highest BCUT2D eigenvalue weighted by Crippen LogP contribution is 2.40. The summed E-state index contributed by atoms with van der Waals surface area (Å²) in [7, 11) is 0. The lowest BCUT2D eigenvalue weighted by Gasteiger charge is -2.04. The molecule has 0 heterocycles. The number of halogens is 2. The number of hydrazine groups is 1. The van der Waals surface area contributed by atoms with Gasteiger partial charge in [0, 0.05) is 6.54 Å². The van der Waals surface area contributed by atoms with Crippen molar-refractivity contribution >= 4 is 55.4 Å². The number of hydrazone groups is 1. The van der Waals surface area contributed by atoms with Crippen molar-refractivity contribution in [3.8, 4) is 11.5 Å². The molecular formula is C11H12Br2N3O2S+. The Balaban J connectivity index is 2.77. The third-order valence-electron chi connectivity index (χ3n) is 2.02. The van der Waals surface area contributed by atoms with Crippen LogP contribution >= 0.6 is 44.1 Å². The lowest BCUT2D eigenvalue weighted by atomic mass is 10.2. The van der Waals surface area contributed by atoms with Crippen LogP contribution in [0.3, 0.4) is 0 Å². The van der Waals surface area contributed by atoms with Crippen molar-refractivity contribution in [2.75, 3.05) is 6.54 Å². The van der Waals surface area contributed by atoms with Crippen LogP contribution in [0.15, 0.2) is 27.7 Å². The van der Waals surface area contributed by atoms with Crippen LogP contribution in [0.25, 0.3) is 0 Å². The van der Waals surface area contributed by atoms with Crippen LogP contribution in [-0.2, 0) is 0 Å². The van der Waals surface area contributed by atoms with Gasteiger partial charge in [-0.3, -0.25) is 0 Å². The van der Waals surface area contributed by atoms with Gasteiger partial charge in [-0.1, -0.05) is 6.08 Å². The smallest absolute Gasteiger partial charge is 0.224 e. The van der Waals surface area contributed by atoms with Gasteiger partial charge in [0.15, 0.2) is 0 Å². The zero-order valence-electron chi connectivity index (χ0n) is 9.70. The van der Waals surface area contributed by atoms with Gasteiger partial charge >= 0.3 is 0 Å². The topological polar surface area (TPSA) is 78.5 Å². The van der Waals surface area contributed by atoms with E-state index in [1.165, 1.54) is 6.21 Å². The summed E-state index contributed by atoms with van der Waals surface area (Å²) >= 11 is 11.2. The summed E-state index contributed by atoms with van der Waals surface area (Å²) < 4.78 is 0.667. The van der Waals surface area contributed by atoms with Crippen LogP contribution < -0.4 is 15.8 Å². The molecule has 0 spiro atoms.